The molecule has 0 aliphatic heterocycles. The van der Waals surface area contributed by atoms with Crippen molar-refractivity contribution in [2.75, 3.05) is 32.0 Å². The number of nitrogens with zero attached hydrogens (tertiary/aromatic N) is 3. The Labute approximate surface area is 179 Å². The first-order chi connectivity index (χ1) is 14.6. The molecule has 4 N–H and O–H groups in total. The van der Waals surface area contributed by atoms with Gasteiger partial charge in [0.05, 0.1) is 18.5 Å². The molecular weight excluding hydrogens is 376 g/mol. The number of imidazole rings is 1. The number of nitrogen functional groups attached to an aromatic ring is 1. The summed E-state index contributed by atoms with van der Waals surface area (Å²) < 4.78 is 2.19. The number of aliphatic hydroxyl groups is 1. The first-order valence-corrected chi connectivity index (χ1v) is 10.7. The molecule has 0 aliphatic rings. The van der Waals surface area contributed by atoms with Crippen LogP contribution in [0.4, 0.5) is 5.69 Å². The molecule has 6 heteroatoms. The molecule has 30 heavy (non-hydrogen) atoms. The van der Waals surface area contributed by atoms with Gasteiger partial charge in [-0.05, 0) is 49.3 Å². The fraction of sp³-hybridized carbons (Fsp3) is 0.375. The molecule has 0 unspecified atom stereocenters. The maximum atomic E-state index is 9.88. The van der Waals surface area contributed by atoms with Crippen LogP contribution in [0.2, 0.25) is 0 Å². The minimum Gasteiger partial charge on any atom is -0.508 e. The average Bonchev–Trinajstić information content (AvgIpc) is 3.19. The van der Waals surface area contributed by atoms with E-state index in [1.807, 2.05) is 56.4 Å². The van der Waals surface area contributed by atoms with Crippen molar-refractivity contribution < 1.29 is 10.2 Å². The number of rotatable bonds is 9. The molecule has 3 rings (SSSR count). The van der Waals surface area contributed by atoms with Gasteiger partial charge in [0, 0.05) is 24.3 Å². The van der Waals surface area contributed by atoms with Gasteiger partial charge in [0.25, 0.3) is 0 Å². The number of anilines is 1. The normalized spacial score (nSPS) is 10.7. The van der Waals surface area contributed by atoms with E-state index >= 15 is 0 Å². The highest BCUT2D eigenvalue weighted by molar-refractivity contribution is 5.67. The lowest BCUT2D eigenvalue weighted by Gasteiger charge is -2.20. The third kappa shape index (κ3) is 6.08. The van der Waals surface area contributed by atoms with E-state index in [1.54, 1.807) is 12.1 Å². The highest BCUT2D eigenvalue weighted by atomic mass is 16.3. The Balaban J connectivity index is 0.00000155. The molecule has 0 saturated carbocycles. The van der Waals surface area contributed by atoms with Gasteiger partial charge in [-0.2, -0.15) is 0 Å². The van der Waals surface area contributed by atoms with E-state index in [-0.39, 0.29) is 12.4 Å². The number of hydrogen-bond acceptors (Lipinski definition) is 5. The van der Waals surface area contributed by atoms with E-state index in [4.69, 9.17) is 5.73 Å². The van der Waals surface area contributed by atoms with E-state index in [9.17, 15) is 10.2 Å². The van der Waals surface area contributed by atoms with Crippen molar-refractivity contribution in [1.29, 1.82) is 0 Å². The lowest BCUT2D eigenvalue weighted by molar-refractivity contribution is 0.199. The second-order valence-corrected chi connectivity index (χ2v) is 6.80. The summed E-state index contributed by atoms with van der Waals surface area (Å²) in [6, 6.07) is 14.9. The lowest BCUT2D eigenvalue weighted by Crippen LogP contribution is -2.28. The van der Waals surface area contributed by atoms with Crippen molar-refractivity contribution in [2.45, 2.75) is 33.7 Å². The number of phenols is 1. The number of phenolic OH excluding ortho intramolecular Hbond substituents is 1. The van der Waals surface area contributed by atoms with Gasteiger partial charge in [-0.25, -0.2) is 4.98 Å². The Hall–Kier alpha value is -2.83. The quantitative estimate of drug-likeness (QED) is 0.459. The molecule has 1 heterocycles. The summed E-state index contributed by atoms with van der Waals surface area (Å²) in [5.41, 5.74) is 9.51. The van der Waals surface area contributed by atoms with Crippen LogP contribution < -0.4 is 5.73 Å². The fourth-order valence-electron chi connectivity index (χ4n) is 3.38. The third-order valence-electron chi connectivity index (χ3n) is 4.89. The number of aliphatic hydroxyl groups excluding tert-OH is 1. The molecule has 0 bridgehead atoms. The standard InChI is InChI=1S/C22H28N4O2.C2H6/c1-2-25(13-14-27)11-4-12-26-21(17-7-9-19(23)10-8-17)16-24-22(26)18-5-3-6-20(28)15-18;1-2/h3,5-10,15-16,27-28H,2,4,11-14,23H2,1H3;1-2H3. The number of aromatic nitrogens is 2. The van der Waals surface area contributed by atoms with E-state index < -0.39 is 0 Å². The zero-order valence-corrected chi connectivity index (χ0v) is 18.3. The largest absolute Gasteiger partial charge is 0.508 e. The second kappa shape index (κ2) is 12.0. The highest BCUT2D eigenvalue weighted by Crippen LogP contribution is 2.29. The number of hydrogen-bond donors (Lipinski definition) is 3. The smallest absolute Gasteiger partial charge is 0.140 e. The number of benzene rings is 2. The molecule has 0 radical (unpaired) electrons. The van der Waals surface area contributed by atoms with E-state index in [0.29, 0.717) is 6.54 Å². The van der Waals surface area contributed by atoms with Crippen LogP contribution in [0.25, 0.3) is 22.6 Å². The van der Waals surface area contributed by atoms with Crippen molar-refractivity contribution in [1.82, 2.24) is 14.5 Å². The molecule has 0 aliphatic carbocycles. The van der Waals surface area contributed by atoms with Gasteiger partial charge in [-0.1, -0.05) is 45.0 Å². The average molecular weight is 411 g/mol. The summed E-state index contributed by atoms with van der Waals surface area (Å²) >= 11 is 0. The monoisotopic (exact) mass is 410 g/mol. The van der Waals surface area contributed by atoms with Crippen LogP contribution in [0.3, 0.4) is 0 Å². The molecular formula is C24H34N4O2. The molecule has 0 amide bonds. The Bertz CT molecular complexity index is 890. The van der Waals surface area contributed by atoms with E-state index in [0.717, 1.165) is 54.4 Å². The zero-order chi connectivity index (χ0) is 21.9. The molecule has 2 aromatic carbocycles. The predicted molar refractivity (Wildman–Crippen MR) is 124 cm³/mol. The Morgan fingerprint density at radius 2 is 1.77 bits per heavy atom. The Morgan fingerprint density at radius 3 is 2.40 bits per heavy atom. The van der Waals surface area contributed by atoms with Crippen LogP contribution in [0.1, 0.15) is 27.2 Å². The second-order valence-electron chi connectivity index (χ2n) is 6.80. The van der Waals surface area contributed by atoms with E-state index in [1.165, 1.54) is 0 Å². The van der Waals surface area contributed by atoms with Crippen LogP contribution in [-0.4, -0.2) is 50.9 Å². The molecule has 0 spiro atoms. The van der Waals surface area contributed by atoms with E-state index in [2.05, 4.69) is 21.4 Å². The van der Waals surface area contributed by atoms with Gasteiger partial charge in [0.15, 0.2) is 0 Å². The topological polar surface area (TPSA) is 87.5 Å². The van der Waals surface area contributed by atoms with Crippen molar-refractivity contribution in [3.05, 3.63) is 54.7 Å². The molecule has 6 nitrogen and oxygen atoms in total. The molecule has 0 atom stereocenters. The summed E-state index contributed by atoms with van der Waals surface area (Å²) in [6.45, 7) is 9.55. The minimum atomic E-state index is 0.171. The summed E-state index contributed by atoms with van der Waals surface area (Å²) in [5.74, 6) is 1.05. The summed E-state index contributed by atoms with van der Waals surface area (Å²) in [6.07, 6.45) is 2.80. The maximum absolute atomic E-state index is 9.88. The fourth-order valence-corrected chi connectivity index (χ4v) is 3.38. The molecule has 162 valence electrons. The van der Waals surface area contributed by atoms with Gasteiger partial charge >= 0.3 is 0 Å². The predicted octanol–water partition coefficient (Wildman–Crippen LogP) is 4.24. The van der Waals surface area contributed by atoms with Crippen LogP contribution in [0, 0.1) is 0 Å². The summed E-state index contributed by atoms with van der Waals surface area (Å²) in [5, 5.41) is 19.1. The van der Waals surface area contributed by atoms with Crippen LogP contribution in [-0.2, 0) is 6.54 Å². The molecule has 0 saturated heterocycles. The first kappa shape index (κ1) is 23.4. The van der Waals surface area contributed by atoms with Crippen LogP contribution in [0.5, 0.6) is 5.75 Å². The van der Waals surface area contributed by atoms with Crippen molar-refractivity contribution in [2.24, 2.45) is 0 Å². The van der Waals surface area contributed by atoms with Gasteiger partial charge in [0.2, 0.25) is 0 Å². The zero-order valence-electron chi connectivity index (χ0n) is 18.3. The van der Waals surface area contributed by atoms with Gasteiger partial charge in [0.1, 0.15) is 11.6 Å². The first-order valence-electron chi connectivity index (χ1n) is 10.7. The number of aromatic hydroxyl groups is 1. The van der Waals surface area contributed by atoms with Gasteiger partial charge < -0.3 is 25.4 Å². The SMILES string of the molecule is CC.CCN(CCO)CCCn1c(-c2ccc(N)cc2)cnc1-c1cccc(O)c1. The molecule has 3 aromatic rings. The van der Waals surface area contributed by atoms with Crippen molar-refractivity contribution >= 4 is 5.69 Å². The Morgan fingerprint density at radius 1 is 1.03 bits per heavy atom. The van der Waals surface area contributed by atoms with Crippen LogP contribution >= 0.6 is 0 Å². The number of nitrogens with two attached hydrogens (primary N) is 1. The Kier molecular flexibility index (Phi) is 9.38. The molecule has 1 aromatic heterocycles. The lowest BCUT2D eigenvalue weighted by atomic mass is 10.1. The van der Waals surface area contributed by atoms with Crippen LogP contribution in [0.15, 0.2) is 54.7 Å². The number of likely N-dealkylation sites (N-methyl/N-ethyl adjacent to an activating group) is 1. The third-order valence-corrected chi connectivity index (χ3v) is 4.89. The maximum Gasteiger partial charge on any atom is 0.140 e. The summed E-state index contributed by atoms with van der Waals surface area (Å²) in [4.78, 5) is 6.88. The van der Waals surface area contributed by atoms with Crippen molar-refractivity contribution in [3.63, 3.8) is 0 Å². The molecule has 0 fully saturated rings. The minimum absolute atomic E-state index is 0.171. The highest BCUT2D eigenvalue weighted by Gasteiger charge is 2.14. The van der Waals surface area contributed by atoms with Crippen molar-refractivity contribution in [3.8, 4) is 28.4 Å². The summed E-state index contributed by atoms with van der Waals surface area (Å²) in [7, 11) is 0. The van der Waals surface area contributed by atoms with Gasteiger partial charge in [-0.15, -0.1) is 0 Å². The van der Waals surface area contributed by atoms with Gasteiger partial charge in [-0.3, -0.25) is 0 Å².